The minimum Gasteiger partial charge on any atom is -0.457 e. The van der Waals surface area contributed by atoms with Gasteiger partial charge in [0, 0.05) is 4.90 Å². The highest BCUT2D eigenvalue weighted by Gasteiger charge is 2.30. The molecule has 2 aromatic rings. The predicted octanol–water partition coefficient (Wildman–Crippen LogP) is 4.91. The quantitative estimate of drug-likeness (QED) is 0.786. The maximum atomic E-state index is 12.4. The standard InChI is InChI=1S/C12H7BrF3NO2S/c13-10-7(5-6-19-10)11(18)17-8-3-1-2-4-9(8)20-12(14,15)16/h1-6H,(H,17,18). The molecule has 0 aliphatic carbocycles. The molecule has 0 atom stereocenters. The molecule has 0 saturated carbocycles. The van der Waals surface area contributed by atoms with Crippen molar-refractivity contribution in [3.8, 4) is 0 Å². The summed E-state index contributed by atoms with van der Waals surface area (Å²) in [5.74, 6) is -0.555. The van der Waals surface area contributed by atoms with E-state index >= 15 is 0 Å². The summed E-state index contributed by atoms with van der Waals surface area (Å²) in [6, 6.07) is 7.12. The number of amides is 1. The first kappa shape index (κ1) is 15.0. The molecule has 3 nitrogen and oxygen atoms in total. The van der Waals surface area contributed by atoms with Crippen molar-refractivity contribution in [1.29, 1.82) is 0 Å². The van der Waals surface area contributed by atoms with E-state index < -0.39 is 11.4 Å². The van der Waals surface area contributed by atoms with Gasteiger partial charge in [-0.1, -0.05) is 12.1 Å². The van der Waals surface area contributed by atoms with Crippen LogP contribution in [0, 0.1) is 0 Å². The first-order chi connectivity index (χ1) is 9.37. The van der Waals surface area contributed by atoms with Crippen molar-refractivity contribution in [3.05, 3.63) is 46.8 Å². The van der Waals surface area contributed by atoms with Crippen LogP contribution in [0.1, 0.15) is 10.4 Å². The zero-order valence-corrected chi connectivity index (χ0v) is 12.1. The molecular weight excluding hydrogens is 359 g/mol. The molecule has 0 saturated heterocycles. The number of hydrogen-bond acceptors (Lipinski definition) is 3. The normalized spacial score (nSPS) is 11.4. The molecule has 1 heterocycles. The molecule has 1 amide bonds. The van der Waals surface area contributed by atoms with Gasteiger partial charge in [0.05, 0.1) is 17.5 Å². The molecule has 20 heavy (non-hydrogen) atoms. The topological polar surface area (TPSA) is 42.2 Å². The number of thioether (sulfide) groups is 1. The van der Waals surface area contributed by atoms with Gasteiger partial charge in [0.25, 0.3) is 5.91 Å². The second-order valence-electron chi connectivity index (χ2n) is 3.61. The minimum absolute atomic E-state index is 0.0760. The fraction of sp³-hybridized carbons (Fsp3) is 0.0833. The lowest BCUT2D eigenvalue weighted by Crippen LogP contribution is -2.12. The number of furan rings is 1. The van der Waals surface area contributed by atoms with E-state index in [4.69, 9.17) is 4.42 Å². The van der Waals surface area contributed by atoms with Crippen LogP contribution in [0.2, 0.25) is 0 Å². The number of carbonyl (C=O) groups excluding carboxylic acids is 1. The molecule has 8 heteroatoms. The number of carbonyl (C=O) groups is 1. The van der Waals surface area contributed by atoms with Crippen molar-refractivity contribution in [1.82, 2.24) is 0 Å². The highest BCUT2D eigenvalue weighted by molar-refractivity contribution is 9.10. The van der Waals surface area contributed by atoms with Gasteiger partial charge in [-0.3, -0.25) is 4.79 Å². The van der Waals surface area contributed by atoms with Crippen molar-refractivity contribution < 1.29 is 22.4 Å². The predicted molar refractivity (Wildman–Crippen MR) is 72.7 cm³/mol. The molecule has 0 spiro atoms. The van der Waals surface area contributed by atoms with Crippen LogP contribution < -0.4 is 5.32 Å². The molecule has 1 aromatic heterocycles. The molecule has 0 aliphatic heterocycles. The van der Waals surface area contributed by atoms with Crippen molar-refractivity contribution in [2.45, 2.75) is 10.4 Å². The summed E-state index contributed by atoms with van der Waals surface area (Å²) >= 11 is 2.76. The molecule has 0 unspecified atom stereocenters. The Bertz CT molecular complexity index is 627. The Balaban J connectivity index is 2.22. The van der Waals surface area contributed by atoms with Gasteiger partial charge in [0.15, 0.2) is 4.67 Å². The average Bonchev–Trinajstić information content (AvgIpc) is 2.76. The summed E-state index contributed by atoms with van der Waals surface area (Å²) in [5, 5.41) is 2.43. The second-order valence-corrected chi connectivity index (χ2v) is 5.43. The van der Waals surface area contributed by atoms with Gasteiger partial charge in [0.2, 0.25) is 0 Å². The Hall–Kier alpha value is -1.41. The molecule has 0 bridgehead atoms. The number of rotatable bonds is 3. The van der Waals surface area contributed by atoms with E-state index in [9.17, 15) is 18.0 Å². The van der Waals surface area contributed by atoms with Gasteiger partial charge in [0.1, 0.15) is 0 Å². The van der Waals surface area contributed by atoms with E-state index in [0.29, 0.717) is 0 Å². The minimum atomic E-state index is -4.42. The fourth-order valence-corrected chi connectivity index (χ4v) is 2.47. The van der Waals surface area contributed by atoms with Crippen LogP contribution in [0.5, 0.6) is 0 Å². The Kier molecular flexibility index (Phi) is 4.44. The van der Waals surface area contributed by atoms with Gasteiger partial charge in [-0.15, -0.1) is 0 Å². The number of benzene rings is 1. The van der Waals surface area contributed by atoms with Crippen LogP contribution in [0.15, 0.2) is 50.6 Å². The number of alkyl halides is 3. The smallest absolute Gasteiger partial charge is 0.446 e. The summed E-state index contributed by atoms with van der Waals surface area (Å²) in [6.07, 6.45) is 1.30. The van der Waals surface area contributed by atoms with E-state index in [-0.39, 0.29) is 32.6 Å². The van der Waals surface area contributed by atoms with Gasteiger partial charge in [-0.2, -0.15) is 13.2 Å². The van der Waals surface area contributed by atoms with Crippen molar-refractivity contribution in [2.24, 2.45) is 0 Å². The number of anilines is 1. The summed E-state index contributed by atoms with van der Waals surface area (Å²) in [7, 11) is 0. The number of hydrogen-bond donors (Lipinski definition) is 1. The number of nitrogens with one attached hydrogen (secondary N) is 1. The lowest BCUT2D eigenvalue weighted by atomic mass is 10.3. The Morgan fingerprint density at radius 2 is 1.95 bits per heavy atom. The van der Waals surface area contributed by atoms with Crippen LogP contribution >= 0.6 is 27.7 Å². The third-order valence-corrected chi connectivity index (χ3v) is 3.64. The second kappa shape index (κ2) is 5.92. The third-order valence-electron chi connectivity index (χ3n) is 2.22. The lowest BCUT2D eigenvalue weighted by molar-refractivity contribution is -0.0328. The summed E-state index contributed by atoms with van der Waals surface area (Å²) in [6.45, 7) is 0. The zero-order valence-electron chi connectivity index (χ0n) is 9.70. The van der Waals surface area contributed by atoms with E-state index in [1.165, 1.54) is 30.5 Å². The first-order valence-corrected chi connectivity index (χ1v) is 6.87. The van der Waals surface area contributed by atoms with Crippen LogP contribution in [-0.2, 0) is 0 Å². The summed E-state index contributed by atoms with van der Waals surface area (Å²) in [4.78, 5) is 11.8. The van der Waals surface area contributed by atoms with E-state index in [0.717, 1.165) is 0 Å². The van der Waals surface area contributed by atoms with Gasteiger partial charge < -0.3 is 9.73 Å². The highest BCUT2D eigenvalue weighted by atomic mass is 79.9. The van der Waals surface area contributed by atoms with Crippen LogP contribution in [0.4, 0.5) is 18.9 Å². The molecule has 0 fully saturated rings. The van der Waals surface area contributed by atoms with Crippen LogP contribution in [0.3, 0.4) is 0 Å². The molecule has 0 aliphatic rings. The largest absolute Gasteiger partial charge is 0.457 e. The van der Waals surface area contributed by atoms with E-state index in [1.807, 2.05) is 0 Å². The molecule has 2 rings (SSSR count). The van der Waals surface area contributed by atoms with E-state index in [1.54, 1.807) is 6.07 Å². The van der Waals surface area contributed by atoms with Crippen LogP contribution in [-0.4, -0.2) is 11.4 Å². The lowest BCUT2D eigenvalue weighted by Gasteiger charge is -2.11. The highest BCUT2D eigenvalue weighted by Crippen LogP contribution is 2.40. The van der Waals surface area contributed by atoms with Crippen molar-refractivity contribution in [2.75, 3.05) is 5.32 Å². The molecule has 1 aromatic carbocycles. The molecule has 0 radical (unpaired) electrons. The average molecular weight is 366 g/mol. The maximum absolute atomic E-state index is 12.4. The molecule has 106 valence electrons. The number of halogens is 4. The van der Waals surface area contributed by atoms with Crippen LogP contribution in [0.25, 0.3) is 0 Å². The first-order valence-electron chi connectivity index (χ1n) is 5.26. The Morgan fingerprint density at radius 1 is 1.25 bits per heavy atom. The summed E-state index contributed by atoms with van der Waals surface area (Å²) in [5.41, 5.74) is -4.12. The van der Waals surface area contributed by atoms with Gasteiger partial charge >= 0.3 is 5.51 Å². The molecule has 1 N–H and O–H groups in total. The zero-order chi connectivity index (χ0) is 14.8. The fourth-order valence-electron chi connectivity index (χ4n) is 1.43. The van der Waals surface area contributed by atoms with Crippen molar-refractivity contribution in [3.63, 3.8) is 0 Å². The van der Waals surface area contributed by atoms with Gasteiger partial charge in [-0.05, 0) is 45.9 Å². The van der Waals surface area contributed by atoms with Gasteiger partial charge in [-0.25, -0.2) is 0 Å². The molecular formula is C12H7BrF3NO2S. The third kappa shape index (κ3) is 3.80. The SMILES string of the molecule is O=C(Nc1ccccc1SC(F)(F)F)c1ccoc1Br. The van der Waals surface area contributed by atoms with E-state index in [2.05, 4.69) is 21.2 Å². The maximum Gasteiger partial charge on any atom is 0.446 e. The summed E-state index contributed by atoms with van der Waals surface area (Å²) < 4.78 is 42.4. The van der Waals surface area contributed by atoms with Crippen molar-refractivity contribution >= 4 is 39.3 Å². The Morgan fingerprint density at radius 3 is 2.55 bits per heavy atom. The monoisotopic (exact) mass is 365 g/mol. The number of para-hydroxylation sites is 1. The Labute approximate surface area is 124 Å².